The van der Waals surface area contributed by atoms with Gasteiger partial charge in [-0.1, -0.05) is 35.0 Å². The van der Waals surface area contributed by atoms with Gasteiger partial charge in [0.1, 0.15) is 11.2 Å². The molecule has 2 aliphatic rings. The maximum Gasteiger partial charge on any atom is 0.256 e. The molecule has 1 amide bonds. The molecule has 6 heteroatoms. The van der Waals surface area contributed by atoms with Gasteiger partial charge in [0.05, 0.1) is 5.56 Å². The molecule has 23 heavy (non-hydrogen) atoms. The Morgan fingerprint density at radius 1 is 1.30 bits per heavy atom. The molecular weight excluding hydrogens is 374 g/mol. The smallest absolute Gasteiger partial charge is 0.256 e. The standard InChI is InChI=1S/C17H18BrN3OS/c1-2-21-8-7-12-13(9-21)23-17-14(12)16(22)19-15(20-17)10-3-5-11(18)6-4-10/h3-6,15,20H,2,7-9H2,1H3,(H,19,22). The third kappa shape index (κ3) is 2.69. The van der Waals surface area contributed by atoms with Gasteiger partial charge in [-0.3, -0.25) is 9.69 Å². The van der Waals surface area contributed by atoms with Crippen molar-refractivity contribution in [3.8, 4) is 0 Å². The monoisotopic (exact) mass is 391 g/mol. The molecule has 4 nitrogen and oxygen atoms in total. The number of halogens is 1. The van der Waals surface area contributed by atoms with Crippen molar-refractivity contribution in [2.75, 3.05) is 18.4 Å². The van der Waals surface area contributed by atoms with E-state index < -0.39 is 0 Å². The van der Waals surface area contributed by atoms with Gasteiger partial charge in [-0.05, 0) is 36.2 Å². The number of anilines is 1. The minimum absolute atomic E-state index is 0.0501. The van der Waals surface area contributed by atoms with E-state index in [1.807, 2.05) is 24.3 Å². The summed E-state index contributed by atoms with van der Waals surface area (Å²) in [4.78, 5) is 16.4. The Morgan fingerprint density at radius 2 is 2.09 bits per heavy atom. The summed E-state index contributed by atoms with van der Waals surface area (Å²) in [5, 5.41) is 7.62. The van der Waals surface area contributed by atoms with Crippen LogP contribution in [0.15, 0.2) is 28.7 Å². The lowest BCUT2D eigenvalue weighted by Crippen LogP contribution is -2.38. The molecular formula is C17H18BrN3OS. The number of carbonyl (C=O) groups excluding carboxylic acids is 1. The fourth-order valence-corrected chi connectivity index (χ4v) is 4.84. The van der Waals surface area contributed by atoms with E-state index in [-0.39, 0.29) is 12.1 Å². The van der Waals surface area contributed by atoms with Crippen LogP contribution in [0.5, 0.6) is 0 Å². The molecule has 0 aliphatic carbocycles. The van der Waals surface area contributed by atoms with Crippen LogP contribution in [0.25, 0.3) is 0 Å². The van der Waals surface area contributed by atoms with Gasteiger partial charge < -0.3 is 10.6 Å². The third-order valence-electron chi connectivity index (χ3n) is 4.56. The molecule has 1 unspecified atom stereocenters. The van der Waals surface area contributed by atoms with Crippen molar-refractivity contribution in [2.24, 2.45) is 0 Å². The van der Waals surface area contributed by atoms with E-state index in [0.29, 0.717) is 0 Å². The SMILES string of the molecule is CCN1CCc2c(sc3c2C(=O)NC(c2ccc(Br)cc2)N3)C1. The van der Waals surface area contributed by atoms with E-state index in [0.717, 1.165) is 46.7 Å². The van der Waals surface area contributed by atoms with Crippen molar-refractivity contribution >= 4 is 38.2 Å². The van der Waals surface area contributed by atoms with Gasteiger partial charge in [-0.25, -0.2) is 0 Å². The molecule has 2 aliphatic heterocycles. The second kappa shape index (κ2) is 5.92. The van der Waals surface area contributed by atoms with E-state index in [2.05, 4.69) is 38.4 Å². The second-order valence-corrected chi connectivity index (χ2v) is 7.95. The first kappa shape index (κ1) is 15.2. The van der Waals surface area contributed by atoms with E-state index in [4.69, 9.17) is 0 Å². The van der Waals surface area contributed by atoms with Crippen LogP contribution in [-0.2, 0) is 13.0 Å². The molecule has 1 aromatic heterocycles. The Kier molecular flexibility index (Phi) is 3.91. The molecule has 4 rings (SSSR count). The van der Waals surface area contributed by atoms with Gasteiger partial charge in [-0.15, -0.1) is 11.3 Å². The maximum absolute atomic E-state index is 12.7. The lowest BCUT2D eigenvalue weighted by molar-refractivity contribution is 0.0934. The van der Waals surface area contributed by atoms with Crippen LogP contribution >= 0.6 is 27.3 Å². The lowest BCUT2D eigenvalue weighted by atomic mass is 10.0. The van der Waals surface area contributed by atoms with Crippen molar-refractivity contribution in [1.29, 1.82) is 0 Å². The summed E-state index contributed by atoms with van der Waals surface area (Å²) in [7, 11) is 0. The summed E-state index contributed by atoms with van der Waals surface area (Å²) in [5.41, 5.74) is 3.18. The largest absolute Gasteiger partial charge is 0.353 e. The maximum atomic E-state index is 12.7. The summed E-state index contributed by atoms with van der Waals surface area (Å²) in [6, 6.07) is 8.05. The molecule has 2 aromatic rings. The predicted molar refractivity (Wildman–Crippen MR) is 96.9 cm³/mol. The highest BCUT2D eigenvalue weighted by molar-refractivity contribution is 9.10. The molecule has 0 bridgehead atoms. The number of amides is 1. The van der Waals surface area contributed by atoms with Crippen LogP contribution in [0.1, 0.15) is 39.5 Å². The molecule has 0 fully saturated rings. The Morgan fingerprint density at radius 3 is 2.83 bits per heavy atom. The second-order valence-electron chi connectivity index (χ2n) is 5.93. The molecule has 0 spiro atoms. The van der Waals surface area contributed by atoms with E-state index in [1.165, 1.54) is 10.4 Å². The molecule has 3 heterocycles. The number of hydrogen-bond donors (Lipinski definition) is 2. The van der Waals surface area contributed by atoms with Crippen molar-refractivity contribution in [2.45, 2.75) is 26.1 Å². The van der Waals surface area contributed by atoms with E-state index in [9.17, 15) is 4.79 Å². The first-order valence-electron chi connectivity index (χ1n) is 7.85. The zero-order valence-corrected chi connectivity index (χ0v) is 15.3. The van der Waals surface area contributed by atoms with E-state index in [1.54, 1.807) is 11.3 Å². The molecule has 1 aromatic carbocycles. The molecule has 0 radical (unpaired) electrons. The van der Waals surface area contributed by atoms with Crippen molar-refractivity contribution in [1.82, 2.24) is 10.2 Å². The summed E-state index contributed by atoms with van der Waals surface area (Å²) in [6.07, 6.45) is 0.804. The third-order valence-corrected chi connectivity index (χ3v) is 6.24. The Labute approximate surface area is 148 Å². The number of rotatable bonds is 2. The number of carbonyl (C=O) groups is 1. The zero-order chi connectivity index (χ0) is 16.0. The summed E-state index contributed by atoms with van der Waals surface area (Å²) < 4.78 is 1.04. The zero-order valence-electron chi connectivity index (χ0n) is 12.9. The van der Waals surface area contributed by atoms with Gasteiger partial charge in [-0.2, -0.15) is 0 Å². The van der Waals surface area contributed by atoms with E-state index >= 15 is 0 Å². The fourth-order valence-electron chi connectivity index (χ4n) is 3.26. The summed E-state index contributed by atoms with van der Waals surface area (Å²) in [6.45, 7) is 5.24. The van der Waals surface area contributed by atoms with Gasteiger partial charge in [0.25, 0.3) is 5.91 Å². The molecule has 2 N–H and O–H groups in total. The van der Waals surface area contributed by atoms with Crippen molar-refractivity contribution < 1.29 is 4.79 Å². The quantitative estimate of drug-likeness (QED) is 0.819. The van der Waals surface area contributed by atoms with Gasteiger partial charge in [0.15, 0.2) is 0 Å². The molecule has 0 saturated heterocycles. The van der Waals surface area contributed by atoms with Gasteiger partial charge in [0.2, 0.25) is 0 Å². The Hall–Kier alpha value is -1.37. The number of likely N-dealkylation sites (N-methyl/N-ethyl adjacent to an activating group) is 1. The average molecular weight is 392 g/mol. The number of nitrogens with one attached hydrogen (secondary N) is 2. The highest BCUT2D eigenvalue weighted by Crippen LogP contribution is 2.40. The van der Waals surface area contributed by atoms with Crippen molar-refractivity contribution in [3.05, 3.63) is 50.3 Å². The summed E-state index contributed by atoms with van der Waals surface area (Å²) in [5.74, 6) is 0.0501. The van der Waals surface area contributed by atoms with Gasteiger partial charge >= 0.3 is 0 Å². The highest BCUT2D eigenvalue weighted by atomic mass is 79.9. The minimum atomic E-state index is -0.162. The number of thiophene rings is 1. The highest BCUT2D eigenvalue weighted by Gasteiger charge is 2.32. The van der Waals surface area contributed by atoms with Crippen molar-refractivity contribution in [3.63, 3.8) is 0 Å². The normalized spacial score (nSPS) is 20.4. The first-order valence-corrected chi connectivity index (χ1v) is 9.46. The fraction of sp³-hybridized carbons (Fsp3) is 0.353. The van der Waals surface area contributed by atoms with Crippen LogP contribution in [0.3, 0.4) is 0 Å². The lowest BCUT2D eigenvalue weighted by Gasteiger charge is -2.28. The molecule has 120 valence electrons. The number of nitrogens with zero attached hydrogens (tertiary/aromatic N) is 1. The van der Waals surface area contributed by atoms with Crippen LogP contribution in [0, 0.1) is 0 Å². The Balaban J connectivity index is 1.66. The number of fused-ring (bicyclic) bond motifs is 3. The number of benzene rings is 1. The van der Waals surface area contributed by atoms with Crippen LogP contribution in [0.2, 0.25) is 0 Å². The molecule has 1 atom stereocenters. The average Bonchev–Trinajstić information content (AvgIpc) is 2.93. The summed E-state index contributed by atoms with van der Waals surface area (Å²) >= 11 is 5.19. The number of hydrogen-bond acceptors (Lipinski definition) is 4. The van der Waals surface area contributed by atoms with Crippen LogP contribution < -0.4 is 10.6 Å². The van der Waals surface area contributed by atoms with Crippen LogP contribution in [0.4, 0.5) is 5.00 Å². The Bertz CT molecular complexity index is 756. The topological polar surface area (TPSA) is 44.4 Å². The predicted octanol–water partition coefficient (Wildman–Crippen LogP) is 3.74. The van der Waals surface area contributed by atoms with Crippen LogP contribution in [-0.4, -0.2) is 23.9 Å². The minimum Gasteiger partial charge on any atom is -0.353 e. The first-order chi connectivity index (χ1) is 11.2. The van der Waals surface area contributed by atoms with Gasteiger partial charge in [0, 0.05) is 22.4 Å². The molecule has 0 saturated carbocycles.